The average Bonchev–Trinajstić information content (AvgIpc) is 2.31. The summed E-state index contributed by atoms with van der Waals surface area (Å²) in [5, 5.41) is 0. The molecule has 6 nitrogen and oxygen atoms in total. The van der Waals surface area contributed by atoms with Crippen LogP contribution in [0.4, 0.5) is 26.3 Å². The number of rotatable bonds is 5. The van der Waals surface area contributed by atoms with Crippen molar-refractivity contribution in [1.82, 2.24) is 0 Å². The zero-order valence-electron chi connectivity index (χ0n) is 10.4. The monoisotopic (exact) mass is 347 g/mol. The summed E-state index contributed by atoms with van der Waals surface area (Å²) < 4.78 is 88.9. The first-order valence-corrected chi connectivity index (χ1v) is 7.19. The summed E-state index contributed by atoms with van der Waals surface area (Å²) in [6.07, 6.45) is -10.0. The van der Waals surface area contributed by atoms with Crippen LogP contribution in [0.1, 0.15) is 0 Å². The minimum atomic E-state index is -6.13. The van der Waals surface area contributed by atoms with E-state index < -0.39 is 51.3 Å². The van der Waals surface area contributed by atoms with Crippen LogP contribution < -0.4 is 4.89 Å². The summed E-state index contributed by atoms with van der Waals surface area (Å²) in [4.78, 5) is 23.6. The first-order valence-electron chi connectivity index (χ1n) is 5.21. The van der Waals surface area contributed by atoms with Gasteiger partial charge >= 0.3 is 113 Å². The Morgan fingerprint density at radius 1 is 1.19 bits per heavy atom. The van der Waals surface area contributed by atoms with E-state index in [9.17, 15) is 36.0 Å². The molecule has 21 heavy (non-hydrogen) atoms. The zero-order chi connectivity index (χ0) is 16.6. The van der Waals surface area contributed by atoms with Gasteiger partial charge in [0.2, 0.25) is 0 Å². The van der Waals surface area contributed by atoms with Crippen molar-refractivity contribution in [3.05, 3.63) is 0 Å². The third-order valence-electron chi connectivity index (χ3n) is 2.37. The second kappa shape index (κ2) is 5.51. The van der Waals surface area contributed by atoms with Crippen molar-refractivity contribution in [3.63, 3.8) is 0 Å². The number of carbonyl (C=O) groups excluding carboxylic acids is 1. The van der Waals surface area contributed by atoms with E-state index in [0.717, 1.165) is 7.11 Å². The molecule has 0 bridgehead atoms. The van der Waals surface area contributed by atoms with Crippen LogP contribution in [-0.2, 0) is 23.1 Å². The van der Waals surface area contributed by atoms with Gasteiger partial charge in [-0.3, -0.25) is 0 Å². The molecule has 1 atom stereocenters. The SMILES string of the molecule is COC(=O)C1COP1([O-])(OCC(F)(F)F)OCC(F)(F)F. The van der Waals surface area contributed by atoms with E-state index in [0.29, 0.717) is 0 Å². The van der Waals surface area contributed by atoms with Gasteiger partial charge in [-0.25, -0.2) is 0 Å². The van der Waals surface area contributed by atoms with Crippen molar-refractivity contribution < 1.29 is 54.3 Å². The average molecular weight is 347 g/mol. The molecule has 0 N–H and O–H groups in total. The summed E-state index contributed by atoms with van der Waals surface area (Å²) in [6, 6.07) is 0. The van der Waals surface area contributed by atoms with E-state index in [1.807, 2.05) is 0 Å². The van der Waals surface area contributed by atoms with Gasteiger partial charge in [-0.05, 0) is 0 Å². The summed E-state index contributed by atoms with van der Waals surface area (Å²) >= 11 is 0. The molecular weight excluding hydrogens is 337 g/mol. The van der Waals surface area contributed by atoms with Gasteiger partial charge in [-0.2, -0.15) is 0 Å². The zero-order valence-corrected chi connectivity index (χ0v) is 11.3. The number of hydrogen-bond donors (Lipinski definition) is 0. The number of halogens is 6. The molecule has 126 valence electrons. The Labute approximate surface area is 114 Å². The third-order valence-corrected chi connectivity index (χ3v) is 5.55. The van der Waals surface area contributed by atoms with Crippen LogP contribution in [0.25, 0.3) is 0 Å². The van der Waals surface area contributed by atoms with Gasteiger partial charge < -0.3 is 0 Å². The van der Waals surface area contributed by atoms with E-state index >= 15 is 0 Å². The molecule has 1 rings (SSSR count). The van der Waals surface area contributed by atoms with Crippen molar-refractivity contribution in [1.29, 1.82) is 0 Å². The topological polar surface area (TPSA) is 77.1 Å². The fraction of sp³-hybridized carbons (Fsp3) is 0.875. The first kappa shape index (κ1) is 18.4. The van der Waals surface area contributed by atoms with Crippen LogP contribution in [0.5, 0.6) is 0 Å². The molecule has 0 aromatic rings. The van der Waals surface area contributed by atoms with E-state index in [2.05, 4.69) is 18.3 Å². The molecule has 1 unspecified atom stereocenters. The molecule has 1 saturated heterocycles. The fourth-order valence-electron chi connectivity index (χ4n) is 1.38. The number of ether oxygens (including phenoxy) is 1. The van der Waals surface area contributed by atoms with Crippen molar-refractivity contribution in [2.24, 2.45) is 0 Å². The second-order valence-corrected chi connectivity index (χ2v) is 7.12. The van der Waals surface area contributed by atoms with Crippen LogP contribution in [-0.4, -0.2) is 50.9 Å². The minimum absolute atomic E-state index is 0.746. The van der Waals surface area contributed by atoms with Crippen LogP contribution >= 0.6 is 7.51 Å². The second-order valence-electron chi connectivity index (χ2n) is 3.98. The molecular formula is C8H10F6O6P-. The maximum atomic E-state index is 12.3. The normalized spacial score (nSPS) is 26.3. The Kier molecular flexibility index (Phi) is 4.82. The van der Waals surface area contributed by atoms with E-state index in [-0.39, 0.29) is 0 Å². The van der Waals surface area contributed by atoms with E-state index in [4.69, 9.17) is 0 Å². The molecule has 0 radical (unpaired) electrons. The summed E-state index contributed by atoms with van der Waals surface area (Å²) in [5.41, 5.74) is -2.01. The number of alkyl halides is 6. The number of methoxy groups -OCH3 is 1. The Morgan fingerprint density at radius 3 is 1.86 bits per heavy atom. The van der Waals surface area contributed by atoms with Gasteiger partial charge in [0.15, 0.2) is 0 Å². The van der Waals surface area contributed by atoms with Gasteiger partial charge in [-0.15, -0.1) is 0 Å². The van der Waals surface area contributed by atoms with Gasteiger partial charge in [0, 0.05) is 0 Å². The van der Waals surface area contributed by atoms with Crippen LogP contribution in [0.3, 0.4) is 0 Å². The molecule has 1 heterocycles. The molecule has 0 amide bonds. The van der Waals surface area contributed by atoms with Gasteiger partial charge in [0.05, 0.1) is 0 Å². The Hall–Kier alpha value is -0.680. The molecule has 0 aromatic carbocycles. The molecule has 0 spiro atoms. The van der Waals surface area contributed by atoms with Crippen molar-refractivity contribution in [2.45, 2.75) is 18.0 Å². The predicted octanol–water partition coefficient (Wildman–Crippen LogP) is 1.29. The van der Waals surface area contributed by atoms with Crippen molar-refractivity contribution in [3.8, 4) is 0 Å². The summed E-state index contributed by atoms with van der Waals surface area (Å²) in [6.45, 7) is -5.16. The van der Waals surface area contributed by atoms with E-state index in [1.54, 1.807) is 0 Å². The van der Waals surface area contributed by atoms with E-state index in [1.165, 1.54) is 0 Å². The summed E-state index contributed by atoms with van der Waals surface area (Å²) in [5.74, 6) is -1.36. The van der Waals surface area contributed by atoms with Crippen LogP contribution in [0.2, 0.25) is 0 Å². The Bertz CT molecular complexity index is 391. The standard InChI is InChI=1S/C8H10F6O6P/c1-17-6(15)5-2-18-21(5,16,19-3-7(9,10)11)20-4-8(12,13)14/h5H,2-4H2,1H3/q-1. The molecule has 0 aromatic heterocycles. The van der Waals surface area contributed by atoms with Gasteiger partial charge in [-0.1, -0.05) is 0 Å². The molecule has 1 aliphatic heterocycles. The number of carbonyl (C=O) groups is 1. The van der Waals surface area contributed by atoms with Crippen molar-refractivity contribution >= 4 is 13.5 Å². The van der Waals surface area contributed by atoms with Crippen molar-refractivity contribution in [2.75, 3.05) is 26.9 Å². The molecule has 13 heteroatoms. The fourth-order valence-corrected chi connectivity index (χ4v) is 3.83. The summed E-state index contributed by atoms with van der Waals surface area (Å²) in [7, 11) is -5.33. The van der Waals surface area contributed by atoms with Crippen LogP contribution in [0.15, 0.2) is 0 Å². The molecule has 0 aliphatic carbocycles. The number of hydrogen-bond acceptors (Lipinski definition) is 6. The predicted molar refractivity (Wildman–Crippen MR) is 52.7 cm³/mol. The van der Waals surface area contributed by atoms with Gasteiger partial charge in [0.25, 0.3) is 0 Å². The quantitative estimate of drug-likeness (QED) is 0.424. The molecule has 1 fully saturated rings. The molecule has 0 saturated carbocycles. The molecule has 1 aliphatic rings. The third kappa shape index (κ3) is 4.39. The Morgan fingerprint density at radius 2 is 1.62 bits per heavy atom. The van der Waals surface area contributed by atoms with Gasteiger partial charge in [0.1, 0.15) is 0 Å². The maximum absolute atomic E-state index is 12.3. The van der Waals surface area contributed by atoms with Crippen LogP contribution in [0, 0.1) is 0 Å². The Balaban J connectivity index is 2.96. The first-order chi connectivity index (χ1) is 9.30. The number of esters is 1.